The average molecular weight is 271 g/mol. The molecule has 1 fully saturated rings. The van der Waals surface area contributed by atoms with Crippen LogP contribution in [0.25, 0.3) is 0 Å². The van der Waals surface area contributed by atoms with Gasteiger partial charge in [0.05, 0.1) is 22.0 Å². The van der Waals surface area contributed by atoms with Gasteiger partial charge in [0.1, 0.15) is 0 Å². The van der Waals surface area contributed by atoms with E-state index in [1.54, 1.807) is 20.8 Å². The lowest BCUT2D eigenvalue weighted by Gasteiger charge is -2.27. The first-order valence-corrected chi connectivity index (χ1v) is 8.51. The van der Waals surface area contributed by atoms with Gasteiger partial charge in [-0.25, -0.2) is 8.42 Å². The summed E-state index contributed by atoms with van der Waals surface area (Å²) in [7, 11) is -3.11. The molecule has 0 saturated heterocycles. The summed E-state index contributed by atoms with van der Waals surface area (Å²) in [5, 5.41) is 9.42. The van der Waals surface area contributed by atoms with Crippen LogP contribution in [0.15, 0.2) is 0 Å². The number of nitrogens with zero attached hydrogens (tertiary/aromatic N) is 1. The predicted molar refractivity (Wildman–Crippen MR) is 73.9 cm³/mol. The molecule has 0 spiro atoms. The zero-order valence-electron chi connectivity index (χ0n) is 11.8. The molecule has 0 aromatic heterocycles. The maximum absolute atomic E-state index is 12.1. The summed E-state index contributed by atoms with van der Waals surface area (Å²) in [5.74, 6) is 0.143. The van der Waals surface area contributed by atoms with Gasteiger partial charge in [-0.05, 0) is 40.0 Å². The standard InChI is InChI=1S/C14H25NO2S/c1-13(2,3)18(16,17)11-10-14(12-15)8-6-4-5-7-9-14/h4-11H2,1-3H3. The van der Waals surface area contributed by atoms with Crippen LogP contribution in [0, 0.1) is 16.7 Å². The fourth-order valence-electron chi connectivity index (χ4n) is 2.46. The van der Waals surface area contributed by atoms with Crippen LogP contribution in [0.5, 0.6) is 0 Å². The Balaban J connectivity index is 2.74. The summed E-state index contributed by atoms with van der Waals surface area (Å²) in [6, 6.07) is 2.42. The minimum atomic E-state index is -3.11. The van der Waals surface area contributed by atoms with E-state index in [4.69, 9.17) is 0 Å². The van der Waals surface area contributed by atoms with Gasteiger partial charge in [-0.2, -0.15) is 5.26 Å². The molecule has 3 nitrogen and oxygen atoms in total. The number of rotatable bonds is 3. The van der Waals surface area contributed by atoms with Crippen molar-refractivity contribution in [3.05, 3.63) is 0 Å². The van der Waals surface area contributed by atoms with E-state index < -0.39 is 20.0 Å². The second-order valence-corrected chi connectivity index (χ2v) is 9.35. The highest BCUT2D eigenvalue weighted by Crippen LogP contribution is 2.38. The van der Waals surface area contributed by atoms with Crippen molar-refractivity contribution < 1.29 is 8.42 Å². The van der Waals surface area contributed by atoms with E-state index in [0.29, 0.717) is 6.42 Å². The highest BCUT2D eigenvalue weighted by atomic mass is 32.2. The van der Waals surface area contributed by atoms with Crippen molar-refractivity contribution >= 4 is 9.84 Å². The quantitative estimate of drug-likeness (QED) is 0.739. The molecule has 0 heterocycles. The fourth-order valence-corrected chi connectivity index (χ4v) is 3.73. The van der Waals surface area contributed by atoms with Crippen LogP contribution >= 0.6 is 0 Å². The van der Waals surface area contributed by atoms with Crippen LogP contribution < -0.4 is 0 Å². The van der Waals surface area contributed by atoms with Gasteiger partial charge in [0.2, 0.25) is 0 Å². The smallest absolute Gasteiger partial charge is 0.155 e. The molecule has 0 N–H and O–H groups in total. The zero-order chi connectivity index (χ0) is 13.9. The lowest BCUT2D eigenvalue weighted by Crippen LogP contribution is -2.33. The molecule has 0 aromatic carbocycles. The van der Waals surface area contributed by atoms with Crippen molar-refractivity contribution in [1.82, 2.24) is 0 Å². The van der Waals surface area contributed by atoms with Gasteiger partial charge < -0.3 is 0 Å². The van der Waals surface area contributed by atoms with Crippen LogP contribution in [-0.4, -0.2) is 18.9 Å². The maximum atomic E-state index is 12.1. The van der Waals surface area contributed by atoms with Crippen molar-refractivity contribution in [1.29, 1.82) is 5.26 Å². The molecule has 0 aliphatic heterocycles. The minimum Gasteiger partial charge on any atom is -0.228 e. The highest BCUT2D eigenvalue weighted by Gasteiger charge is 2.35. The van der Waals surface area contributed by atoms with E-state index in [1.807, 2.05) is 0 Å². The second-order valence-electron chi connectivity index (χ2n) is 6.49. The summed E-state index contributed by atoms with van der Waals surface area (Å²) in [4.78, 5) is 0. The van der Waals surface area contributed by atoms with Crippen molar-refractivity contribution in [2.75, 3.05) is 5.75 Å². The number of hydrogen-bond donors (Lipinski definition) is 0. The van der Waals surface area contributed by atoms with Gasteiger partial charge in [-0.1, -0.05) is 25.7 Å². The van der Waals surface area contributed by atoms with Crippen molar-refractivity contribution in [2.24, 2.45) is 5.41 Å². The maximum Gasteiger partial charge on any atom is 0.155 e. The summed E-state index contributed by atoms with van der Waals surface area (Å²) in [6.07, 6.45) is 6.70. The van der Waals surface area contributed by atoms with Crippen LogP contribution in [0.2, 0.25) is 0 Å². The first kappa shape index (κ1) is 15.5. The van der Waals surface area contributed by atoms with Crippen LogP contribution in [0.1, 0.15) is 65.7 Å². The van der Waals surface area contributed by atoms with Gasteiger partial charge in [-0.15, -0.1) is 0 Å². The molecule has 0 aromatic rings. The summed E-state index contributed by atoms with van der Waals surface area (Å²) in [5.41, 5.74) is -0.394. The Morgan fingerprint density at radius 2 is 1.61 bits per heavy atom. The van der Waals surface area contributed by atoms with Crippen LogP contribution in [0.3, 0.4) is 0 Å². The van der Waals surface area contributed by atoms with E-state index in [2.05, 4.69) is 6.07 Å². The molecule has 4 heteroatoms. The Morgan fingerprint density at radius 3 is 2.00 bits per heavy atom. The Kier molecular flexibility index (Phi) is 4.83. The lowest BCUT2D eigenvalue weighted by atomic mass is 9.79. The summed E-state index contributed by atoms with van der Waals surface area (Å²) < 4.78 is 23.5. The molecule has 0 bridgehead atoms. The van der Waals surface area contributed by atoms with E-state index in [-0.39, 0.29) is 5.75 Å². The Labute approximate surface area is 111 Å². The van der Waals surface area contributed by atoms with Gasteiger partial charge in [0.15, 0.2) is 9.84 Å². The molecule has 0 amide bonds. The first-order valence-electron chi connectivity index (χ1n) is 6.86. The molecule has 1 rings (SSSR count). The number of hydrogen-bond acceptors (Lipinski definition) is 3. The third-order valence-electron chi connectivity index (χ3n) is 4.08. The van der Waals surface area contributed by atoms with Crippen molar-refractivity contribution in [3.63, 3.8) is 0 Å². The van der Waals surface area contributed by atoms with Gasteiger partial charge in [0.25, 0.3) is 0 Å². The second kappa shape index (κ2) is 5.61. The fraction of sp³-hybridized carbons (Fsp3) is 0.929. The number of nitriles is 1. The Bertz CT molecular complexity index is 404. The predicted octanol–water partition coefficient (Wildman–Crippen LogP) is 3.45. The third kappa shape index (κ3) is 3.71. The van der Waals surface area contributed by atoms with E-state index in [0.717, 1.165) is 25.7 Å². The highest BCUT2D eigenvalue weighted by molar-refractivity contribution is 7.92. The van der Waals surface area contributed by atoms with Crippen LogP contribution in [-0.2, 0) is 9.84 Å². The molecular formula is C14H25NO2S. The van der Waals surface area contributed by atoms with Crippen LogP contribution in [0.4, 0.5) is 0 Å². The molecule has 1 aliphatic rings. The molecule has 18 heavy (non-hydrogen) atoms. The Morgan fingerprint density at radius 1 is 1.11 bits per heavy atom. The third-order valence-corrected chi connectivity index (χ3v) is 6.69. The molecule has 1 saturated carbocycles. The Hall–Kier alpha value is -0.560. The molecule has 1 aliphatic carbocycles. The van der Waals surface area contributed by atoms with Gasteiger partial charge >= 0.3 is 0 Å². The average Bonchev–Trinajstić information content (AvgIpc) is 2.51. The van der Waals surface area contributed by atoms with Crippen molar-refractivity contribution in [3.8, 4) is 6.07 Å². The number of sulfone groups is 1. The normalized spacial score (nSPS) is 21.0. The molecule has 0 atom stereocenters. The van der Waals surface area contributed by atoms with E-state index in [1.165, 1.54) is 12.8 Å². The molecule has 104 valence electrons. The van der Waals surface area contributed by atoms with E-state index in [9.17, 15) is 13.7 Å². The first-order chi connectivity index (χ1) is 8.22. The zero-order valence-corrected chi connectivity index (χ0v) is 12.6. The SMILES string of the molecule is CC(C)(C)S(=O)(=O)CCC1(C#N)CCCCCC1. The molecule has 0 radical (unpaired) electrons. The topological polar surface area (TPSA) is 57.9 Å². The monoisotopic (exact) mass is 271 g/mol. The van der Waals surface area contributed by atoms with Crippen molar-refractivity contribution in [2.45, 2.75) is 70.5 Å². The largest absolute Gasteiger partial charge is 0.228 e. The molecular weight excluding hydrogens is 246 g/mol. The van der Waals surface area contributed by atoms with Gasteiger partial charge in [0, 0.05) is 0 Å². The van der Waals surface area contributed by atoms with Gasteiger partial charge in [-0.3, -0.25) is 0 Å². The lowest BCUT2D eigenvalue weighted by molar-refractivity contribution is 0.329. The minimum absolute atomic E-state index is 0.143. The summed E-state index contributed by atoms with van der Waals surface area (Å²) >= 11 is 0. The van der Waals surface area contributed by atoms with E-state index >= 15 is 0 Å². The summed E-state index contributed by atoms with van der Waals surface area (Å²) in [6.45, 7) is 5.19. The molecule has 0 unspecified atom stereocenters.